The maximum absolute atomic E-state index is 3.80. The summed E-state index contributed by atoms with van der Waals surface area (Å²) in [5, 5.41) is 13.7. The van der Waals surface area contributed by atoms with Crippen molar-refractivity contribution in [2.24, 2.45) is 0 Å². The van der Waals surface area contributed by atoms with Crippen LogP contribution in [0, 0.1) is 0 Å². The molecule has 0 unspecified atom stereocenters. The fraction of sp³-hybridized carbons (Fsp3) is 0. The zero-order valence-corrected chi connectivity index (χ0v) is 31.2. The Morgan fingerprint density at radius 2 is 0.262 bits per heavy atom. The van der Waals surface area contributed by atoms with Crippen molar-refractivity contribution in [1.29, 1.82) is 0 Å². The first-order valence-electron chi connectivity index (χ1n) is 13.0. The van der Waals surface area contributed by atoms with Gasteiger partial charge in [-0.05, 0) is 174 Å². The van der Waals surface area contributed by atoms with Crippen LogP contribution in [0.5, 0.6) is 0 Å². The van der Waals surface area contributed by atoms with Crippen molar-refractivity contribution in [2.45, 2.75) is 0 Å². The van der Waals surface area contributed by atoms with E-state index >= 15 is 0 Å². The Kier molecular flexibility index (Phi) is 8.00. The van der Waals surface area contributed by atoms with Gasteiger partial charge in [-0.3, -0.25) is 0 Å². The van der Waals surface area contributed by atoms with Gasteiger partial charge < -0.3 is 0 Å². The Morgan fingerprint density at radius 3 is 0.357 bits per heavy atom. The SMILES string of the molecule is Brc1cc2cc(c1)c1cc(Br)cc(c1)c1cc(Br)cc(c1)c1cc(Br)cc(c1)c1cc(Br)cc(c1)c1cc(Br)cc2c1. The van der Waals surface area contributed by atoms with Gasteiger partial charge in [0.1, 0.15) is 0 Å². The zero-order valence-electron chi connectivity index (χ0n) is 21.7. The number of benzene rings is 6. The third kappa shape index (κ3) is 5.96. The first-order chi connectivity index (χ1) is 20.2. The molecule has 0 amide bonds. The van der Waals surface area contributed by atoms with Gasteiger partial charge in [-0.1, -0.05) is 95.6 Å². The Morgan fingerprint density at radius 1 is 0.167 bits per heavy atom. The number of halogens is 6. The van der Waals surface area contributed by atoms with Crippen LogP contribution in [0.1, 0.15) is 0 Å². The van der Waals surface area contributed by atoms with Crippen molar-refractivity contribution < 1.29 is 0 Å². The van der Waals surface area contributed by atoms with Crippen LogP contribution in [0.25, 0.3) is 64.6 Å². The third-order valence-electron chi connectivity index (χ3n) is 7.39. The van der Waals surface area contributed by atoms with E-state index in [1.807, 2.05) is 0 Å². The van der Waals surface area contributed by atoms with E-state index in [0.29, 0.717) is 0 Å². The van der Waals surface area contributed by atoms with Gasteiger partial charge in [0.2, 0.25) is 0 Å². The molecule has 0 radical (unpaired) electrons. The summed E-state index contributed by atoms with van der Waals surface area (Å²) >= 11 is 22.8. The molecular formula is C36H18Br6. The van der Waals surface area contributed by atoms with Crippen molar-refractivity contribution >= 4 is 160 Å². The molecule has 0 spiro atoms. The van der Waals surface area contributed by atoms with Crippen LogP contribution in [-0.2, 0) is 0 Å². The van der Waals surface area contributed by atoms with Gasteiger partial charge in [-0.15, -0.1) is 0 Å². The monoisotopic (exact) mass is 924 g/mol. The topological polar surface area (TPSA) is 0 Å². The molecule has 7 aromatic carbocycles. The molecule has 0 nitrogen and oxygen atoms in total. The minimum atomic E-state index is 1.03. The highest BCUT2D eigenvalue weighted by molar-refractivity contribution is 9.11. The quantitative estimate of drug-likeness (QED) is 0.142. The van der Waals surface area contributed by atoms with Crippen molar-refractivity contribution in [3.8, 4) is 0 Å². The second-order valence-electron chi connectivity index (χ2n) is 10.4. The second-order valence-corrected chi connectivity index (χ2v) is 15.9. The highest BCUT2D eigenvalue weighted by Gasteiger charge is 2.05. The maximum atomic E-state index is 3.80. The number of hydrogen-bond acceptors (Lipinski definition) is 0. The molecule has 0 saturated carbocycles. The molecule has 12 bridgehead atoms. The summed E-state index contributed by atoms with van der Waals surface area (Å²) in [6, 6.07) is 39.8. The molecule has 6 heteroatoms. The minimum absolute atomic E-state index is 1.03. The first-order valence-corrected chi connectivity index (χ1v) is 17.8. The van der Waals surface area contributed by atoms with Crippen molar-refractivity contribution in [3.05, 3.63) is 136 Å². The Bertz CT molecular complexity index is 1800. The minimum Gasteiger partial charge on any atom is -0.0508 e. The molecule has 0 atom stereocenters. The van der Waals surface area contributed by atoms with Crippen molar-refractivity contribution in [1.82, 2.24) is 0 Å². The summed E-state index contributed by atoms with van der Waals surface area (Å²) < 4.78 is 6.20. The van der Waals surface area contributed by atoms with E-state index in [9.17, 15) is 0 Å². The summed E-state index contributed by atoms with van der Waals surface area (Å²) in [6.45, 7) is 0. The van der Waals surface area contributed by atoms with Crippen LogP contribution in [0.3, 0.4) is 0 Å². The fourth-order valence-electron chi connectivity index (χ4n) is 5.54. The van der Waals surface area contributed by atoms with E-state index in [2.05, 4.69) is 205 Å². The smallest absolute Gasteiger partial charge is 0.0187 e. The molecule has 0 N–H and O–H groups in total. The Balaban J connectivity index is 1.79. The lowest BCUT2D eigenvalue weighted by molar-refractivity contribution is 1.70. The standard InChI is InChI=1S/C36H18Br6/c37-31-7-19-1-20(8-31)22-3-24(12-33(39)10-22)26-5-28(16-35(41)14-26)30-6-29(17-36(42)18-30)27-4-25(13-34(40)15-27)23-2-21(19)9-32(38)11-23/h1-18H. The average Bonchev–Trinajstić information content (AvgIpc) is 2.95. The molecule has 7 aromatic rings. The largest absolute Gasteiger partial charge is 0.0508 e. The number of fused-ring (bicyclic) bond motifs is 18. The van der Waals surface area contributed by atoms with Crippen LogP contribution in [0.4, 0.5) is 0 Å². The highest BCUT2D eigenvalue weighted by atomic mass is 79.9. The van der Waals surface area contributed by atoms with E-state index in [4.69, 9.17) is 0 Å². The molecular weight excluding hydrogens is 912 g/mol. The van der Waals surface area contributed by atoms with Crippen molar-refractivity contribution in [2.75, 3.05) is 0 Å². The lowest BCUT2D eigenvalue weighted by Gasteiger charge is -2.06. The average molecular weight is 930 g/mol. The van der Waals surface area contributed by atoms with E-state index < -0.39 is 0 Å². The van der Waals surface area contributed by atoms with Gasteiger partial charge in [-0.25, -0.2) is 0 Å². The molecule has 42 heavy (non-hydrogen) atoms. The van der Waals surface area contributed by atoms with Crippen LogP contribution in [-0.4, -0.2) is 0 Å². The first kappa shape index (κ1) is 28.9. The molecule has 0 aliphatic rings. The predicted molar refractivity (Wildman–Crippen MR) is 204 cm³/mol. The van der Waals surface area contributed by atoms with E-state index in [0.717, 1.165) is 91.5 Å². The predicted octanol–water partition coefficient (Wildman–Crippen LogP) is 14.9. The molecule has 7 rings (SSSR count). The summed E-state index contributed by atoms with van der Waals surface area (Å²) in [4.78, 5) is 0. The fourth-order valence-corrected chi connectivity index (χ4v) is 8.50. The van der Waals surface area contributed by atoms with E-state index in [1.54, 1.807) is 0 Å². The van der Waals surface area contributed by atoms with Gasteiger partial charge in [0.25, 0.3) is 0 Å². The number of rotatable bonds is 0. The summed E-state index contributed by atoms with van der Waals surface area (Å²) in [7, 11) is 0. The molecule has 0 aliphatic heterocycles. The maximum Gasteiger partial charge on any atom is 0.0187 e. The van der Waals surface area contributed by atoms with Crippen LogP contribution < -0.4 is 0 Å². The molecule has 0 aliphatic carbocycles. The normalized spacial score (nSPS) is 11.6. The molecule has 204 valence electrons. The molecule has 0 fully saturated rings. The van der Waals surface area contributed by atoms with Crippen molar-refractivity contribution in [3.63, 3.8) is 0 Å². The van der Waals surface area contributed by atoms with E-state index in [-0.39, 0.29) is 0 Å². The third-order valence-corrected chi connectivity index (χ3v) is 10.1. The summed E-state index contributed by atoms with van der Waals surface area (Å²) in [5.74, 6) is 0. The Labute approximate surface area is 293 Å². The van der Waals surface area contributed by atoms with Gasteiger partial charge in [0.05, 0.1) is 0 Å². The van der Waals surface area contributed by atoms with Crippen LogP contribution in [0.2, 0.25) is 0 Å². The Hall–Kier alpha value is -1.80. The lowest BCUT2D eigenvalue weighted by atomic mass is 10.0. The van der Waals surface area contributed by atoms with Crippen LogP contribution in [0.15, 0.2) is 136 Å². The second kappa shape index (κ2) is 11.6. The lowest BCUT2D eigenvalue weighted by Crippen LogP contribution is -1.79. The molecule has 0 saturated heterocycles. The highest BCUT2D eigenvalue weighted by Crippen LogP contribution is 2.33. The van der Waals surface area contributed by atoms with Gasteiger partial charge in [-0.2, -0.15) is 0 Å². The van der Waals surface area contributed by atoms with Gasteiger partial charge in [0, 0.05) is 26.8 Å². The summed E-state index contributed by atoms with van der Waals surface area (Å²) in [6.07, 6.45) is 0. The van der Waals surface area contributed by atoms with Crippen LogP contribution >= 0.6 is 95.6 Å². The molecule has 0 aromatic heterocycles. The molecule has 0 heterocycles. The van der Waals surface area contributed by atoms with Gasteiger partial charge >= 0.3 is 0 Å². The van der Waals surface area contributed by atoms with E-state index in [1.165, 1.54) is 0 Å². The number of hydrogen-bond donors (Lipinski definition) is 0. The van der Waals surface area contributed by atoms with Gasteiger partial charge in [0.15, 0.2) is 0 Å². The summed E-state index contributed by atoms with van der Waals surface area (Å²) in [5.41, 5.74) is 0. The zero-order chi connectivity index (χ0) is 29.1.